The Morgan fingerprint density at radius 1 is 0.962 bits per heavy atom. The van der Waals surface area contributed by atoms with E-state index >= 15 is 0 Å². The summed E-state index contributed by atoms with van der Waals surface area (Å²) in [6, 6.07) is 19.2. The molecule has 15 heteroatoms. The van der Waals surface area contributed by atoms with Crippen molar-refractivity contribution in [3.8, 4) is 33.9 Å². The number of nitrogens with one attached hydrogen (secondary N) is 1. The number of anilines is 1. The Morgan fingerprint density at radius 2 is 1.68 bits per heavy atom. The molecule has 6 aromatic rings. The molecule has 276 valence electrons. The molecule has 0 aliphatic carbocycles. The number of ether oxygens (including phenoxy) is 1. The van der Waals surface area contributed by atoms with E-state index in [1.54, 1.807) is 48.7 Å². The number of hydrogen-bond donors (Lipinski definition) is 2. The molecule has 0 saturated carbocycles. The van der Waals surface area contributed by atoms with Crippen LogP contribution in [0.5, 0.6) is 0 Å². The van der Waals surface area contributed by atoms with Gasteiger partial charge in [0.15, 0.2) is 11.2 Å². The maximum Gasteiger partial charge on any atom is 0.305 e. The number of benzene rings is 3. The molecule has 0 bridgehead atoms. The number of primary amides is 1. The van der Waals surface area contributed by atoms with Gasteiger partial charge in [-0.25, -0.2) is 17.8 Å². The van der Waals surface area contributed by atoms with Crippen LogP contribution in [0.4, 0.5) is 10.1 Å². The fourth-order valence-electron chi connectivity index (χ4n) is 5.53. The van der Waals surface area contributed by atoms with Crippen LogP contribution in [-0.2, 0) is 24.3 Å². The highest BCUT2D eigenvalue weighted by atomic mass is 32.2. The van der Waals surface area contributed by atoms with E-state index in [1.807, 2.05) is 13.8 Å². The molecule has 0 radical (unpaired) electrons. The summed E-state index contributed by atoms with van der Waals surface area (Å²) in [6.07, 6.45) is 2.90. The molecule has 2 amide bonds. The first-order valence-corrected chi connectivity index (χ1v) is 18.3. The van der Waals surface area contributed by atoms with Crippen LogP contribution >= 0.6 is 0 Å². The van der Waals surface area contributed by atoms with Crippen molar-refractivity contribution >= 4 is 55.7 Å². The number of rotatable bonds is 11. The van der Waals surface area contributed by atoms with Crippen molar-refractivity contribution in [1.82, 2.24) is 15.3 Å². The molecule has 3 N–H and O–H groups in total. The predicted octanol–water partition coefficient (Wildman–Crippen LogP) is 6.32. The minimum absolute atomic E-state index is 0.125. The molecule has 0 fully saturated rings. The Labute approximate surface area is 305 Å². The van der Waals surface area contributed by atoms with Gasteiger partial charge in [-0.05, 0) is 66.1 Å². The van der Waals surface area contributed by atoms with Crippen molar-refractivity contribution in [3.05, 3.63) is 90.4 Å². The number of hydrogen-bond acceptors (Lipinski definition) is 10. The molecule has 0 saturated heterocycles. The van der Waals surface area contributed by atoms with E-state index in [0.29, 0.717) is 57.1 Å². The van der Waals surface area contributed by atoms with Crippen molar-refractivity contribution in [2.75, 3.05) is 31.3 Å². The van der Waals surface area contributed by atoms with Crippen LogP contribution in [0.25, 0.3) is 56.1 Å². The number of fused-ring (bicyclic) bond motifs is 2. The summed E-state index contributed by atoms with van der Waals surface area (Å²) in [5.74, 6) is -0.862. The molecular weight excluding hydrogens is 706 g/mol. The van der Waals surface area contributed by atoms with Crippen LogP contribution in [0.3, 0.4) is 0 Å². The quantitative estimate of drug-likeness (QED) is 0.142. The lowest BCUT2D eigenvalue weighted by molar-refractivity contribution is -0.141. The number of carbonyl (C=O) groups is 3. The number of pyridine rings is 1. The van der Waals surface area contributed by atoms with Crippen LogP contribution in [-0.4, -0.2) is 63.1 Å². The number of methoxy groups -OCH3 is 1. The van der Waals surface area contributed by atoms with E-state index in [1.165, 1.54) is 44.5 Å². The number of oxazole rings is 1. The average Bonchev–Trinajstić information content (AvgIpc) is 3.72. The van der Waals surface area contributed by atoms with Crippen LogP contribution in [0.15, 0.2) is 87.8 Å². The van der Waals surface area contributed by atoms with Gasteiger partial charge in [-0.1, -0.05) is 26.0 Å². The number of halogens is 1. The standard InChI is InChI=1S/C32H26FN5O6S.C6H12O2/c1-35-31(40)28-23-16-22(19-5-3-6-20(15-19)32-37-30-25(44-32)7-4-13-36-30)24(38(45(2,41)42)14-12-27(34)39)17-26(23)43-29(28)18-8-10-21(33)11-9-18;1-5(2)4-6(7)8-3/h3-11,13,15-17H,12,14H2,1-2H3,(H2,34,39)(H,35,40);5H,4H2,1-3H3. The van der Waals surface area contributed by atoms with Gasteiger partial charge in [0.1, 0.15) is 17.2 Å². The van der Waals surface area contributed by atoms with E-state index in [0.717, 1.165) is 10.6 Å². The maximum absolute atomic E-state index is 13.8. The number of aromatic nitrogens is 2. The Morgan fingerprint density at radius 3 is 2.28 bits per heavy atom. The van der Waals surface area contributed by atoms with Gasteiger partial charge in [0.05, 0.1) is 24.6 Å². The van der Waals surface area contributed by atoms with Crippen molar-refractivity contribution in [1.29, 1.82) is 0 Å². The van der Waals surface area contributed by atoms with E-state index in [9.17, 15) is 27.2 Å². The Kier molecular flexibility index (Phi) is 11.6. The third kappa shape index (κ3) is 8.87. The predicted molar refractivity (Wildman–Crippen MR) is 199 cm³/mol. The van der Waals surface area contributed by atoms with Gasteiger partial charge >= 0.3 is 5.97 Å². The summed E-state index contributed by atoms with van der Waals surface area (Å²) in [5.41, 5.74) is 8.86. The highest BCUT2D eigenvalue weighted by Crippen LogP contribution is 2.42. The second-order valence-corrected chi connectivity index (χ2v) is 14.3. The molecule has 0 aliphatic heterocycles. The maximum atomic E-state index is 13.8. The first-order chi connectivity index (χ1) is 25.2. The topological polar surface area (TPSA) is 188 Å². The largest absolute Gasteiger partial charge is 0.469 e. The van der Waals surface area contributed by atoms with Gasteiger partial charge in [-0.15, -0.1) is 0 Å². The van der Waals surface area contributed by atoms with E-state index in [-0.39, 0.29) is 41.5 Å². The van der Waals surface area contributed by atoms with Crippen molar-refractivity contribution in [3.63, 3.8) is 0 Å². The fourth-order valence-corrected chi connectivity index (χ4v) is 6.46. The lowest BCUT2D eigenvalue weighted by Gasteiger charge is -2.25. The number of esters is 1. The zero-order valence-corrected chi connectivity index (χ0v) is 30.5. The molecule has 53 heavy (non-hydrogen) atoms. The average molecular weight is 744 g/mol. The van der Waals surface area contributed by atoms with E-state index in [4.69, 9.17) is 14.6 Å². The molecule has 0 spiro atoms. The summed E-state index contributed by atoms with van der Waals surface area (Å²) < 4.78 is 57.6. The molecule has 3 heterocycles. The first-order valence-electron chi connectivity index (χ1n) is 16.4. The molecular formula is C38H38FN5O8S. The van der Waals surface area contributed by atoms with Gasteiger partial charge in [0.25, 0.3) is 5.91 Å². The lowest BCUT2D eigenvalue weighted by atomic mass is 9.97. The number of carbonyl (C=O) groups excluding carboxylic acids is 3. The number of furan rings is 1. The molecule has 0 atom stereocenters. The third-order valence-electron chi connectivity index (χ3n) is 7.99. The fraction of sp³-hybridized carbons (Fsp3) is 0.237. The normalized spacial score (nSPS) is 11.3. The molecule has 0 unspecified atom stereocenters. The molecule has 13 nitrogen and oxygen atoms in total. The van der Waals surface area contributed by atoms with E-state index in [2.05, 4.69) is 20.0 Å². The zero-order chi connectivity index (χ0) is 38.4. The highest BCUT2D eigenvalue weighted by Gasteiger charge is 2.28. The Bertz CT molecular complexity index is 2370. The highest BCUT2D eigenvalue weighted by molar-refractivity contribution is 7.92. The smallest absolute Gasteiger partial charge is 0.305 e. The molecule has 0 aliphatic rings. The second-order valence-electron chi connectivity index (χ2n) is 12.4. The number of nitrogens with two attached hydrogens (primary N) is 1. The minimum Gasteiger partial charge on any atom is -0.469 e. The lowest BCUT2D eigenvalue weighted by Crippen LogP contribution is -2.33. The van der Waals surface area contributed by atoms with Gasteiger partial charge < -0.3 is 24.6 Å². The second kappa shape index (κ2) is 16.1. The SMILES string of the molecule is CNC(=O)c1c(-c2ccc(F)cc2)oc2cc(N(CCC(N)=O)S(C)(=O)=O)c(-c3cccc(-c4nc5ncccc5o4)c3)cc12.COC(=O)CC(C)C. The number of nitrogens with zero attached hydrogens (tertiary/aromatic N) is 3. The Hall–Kier alpha value is -6.09. The summed E-state index contributed by atoms with van der Waals surface area (Å²) in [5, 5.41) is 3.00. The van der Waals surface area contributed by atoms with E-state index < -0.39 is 27.7 Å². The minimum atomic E-state index is -3.95. The van der Waals surface area contributed by atoms with Crippen LogP contribution in [0.1, 0.15) is 37.0 Å². The monoisotopic (exact) mass is 743 g/mol. The van der Waals surface area contributed by atoms with Gasteiger partial charge in [0.2, 0.25) is 21.8 Å². The summed E-state index contributed by atoms with van der Waals surface area (Å²) in [7, 11) is -1.07. The van der Waals surface area contributed by atoms with Crippen molar-refractivity contribution in [2.45, 2.75) is 26.7 Å². The van der Waals surface area contributed by atoms with Crippen LogP contribution in [0, 0.1) is 11.7 Å². The molecule has 3 aromatic carbocycles. The summed E-state index contributed by atoms with van der Waals surface area (Å²) in [4.78, 5) is 44.1. The van der Waals surface area contributed by atoms with Crippen molar-refractivity contribution < 1.29 is 40.8 Å². The third-order valence-corrected chi connectivity index (χ3v) is 9.17. The van der Waals surface area contributed by atoms with Gasteiger partial charge in [-0.3, -0.25) is 18.7 Å². The molecule has 3 aromatic heterocycles. The number of amides is 2. The van der Waals surface area contributed by atoms with Crippen molar-refractivity contribution in [2.24, 2.45) is 11.7 Å². The van der Waals surface area contributed by atoms with Gasteiger partial charge in [-0.2, -0.15) is 4.98 Å². The van der Waals surface area contributed by atoms with Crippen LogP contribution in [0.2, 0.25) is 0 Å². The number of sulfonamides is 1. The van der Waals surface area contributed by atoms with Gasteiger partial charge in [0, 0.05) is 60.8 Å². The Balaban J connectivity index is 0.000000609. The summed E-state index contributed by atoms with van der Waals surface area (Å²) in [6.45, 7) is 3.73. The first kappa shape index (κ1) is 38.1. The van der Waals surface area contributed by atoms with Crippen LogP contribution < -0.4 is 15.4 Å². The zero-order valence-electron chi connectivity index (χ0n) is 29.7. The molecule has 6 rings (SSSR count). The summed E-state index contributed by atoms with van der Waals surface area (Å²) >= 11 is 0.